The Balaban J connectivity index is 0.000000191. The van der Waals surface area contributed by atoms with Gasteiger partial charge in [0.15, 0.2) is 0 Å². The topological polar surface area (TPSA) is 44.0 Å². The van der Waals surface area contributed by atoms with Gasteiger partial charge < -0.3 is 5.11 Å². The molecule has 0 radical (unpaired) electrons. The summed E-state index contributed by atoms with van der Waals surface area (Å²) in [5, 5.41) is 17.7. The van der Waals surface area contributed by atoms with Crippen LogP contribution < -0.4 is 0 Å². The number of phenolic OH excluding ortho intramolecular Hbond substituents is 1. The average molecular weight is 253 g/mol. The molecule has 0 unspecified atom stereocenters. The number of aryl methyl sites for hydroxylation is 4. The van der Waals surface area contributed by atoms with Gasteiger partial charge in [0.1, 0.15) is 5.75 Å². The van der Waals surface area contributed by atoms with Crippen LogP contribution in [0.3, 0.4) is 0 Å². The number of nitrogens with zero attached hydrogens (tertiary/aromatic N) is 1. The molecule has 0 atom stereocenters. The molecule has 2 aromatic carbocycles. The molecule has 2 heteroatoms. The van der Waals surface area contributed by atoms with Gasteiger partial charge in [-0.25, -0.2) is 0 Å². The Morgan fingerprint density at radius 1 is 0.842 bits per heavy atom. The van der Waals surface area contributed by atoms with Crippen molar-refractivity contribution in [1.82, 2.24) is 0 Å². The summed E-state index contributed by atoms with van der Waals surface area (Å²) in [7, 11) is 0. The van der Waals surface area contributed by atoms with Crippen molar-refractivity contribution in [1.29, 1.82) is 5.26 Å². The molecule has 0 aliphatic carbocycles. The quantitative estimate of drug-likeness (QED) is 0.765. The second-order valence-electron chi connectivity index (χ2n) is 4.72. The summed E-state index contributed by atoms with van der Waals surface area (Å²) in [5.41, 5.74) is 4.99. The molecule has 0 aliphatic rings. The lowest BCUT2D eigenvalue weighted by molar-refractivity contribution is 0.470. The van der Waals surface area contributed by atoms with E-state index in [9.17, 15) is 0 Å². The van der Waals surface area contributed by atoms with Gasteiger partial charge >= 0.3 is 0 Å². The van der Waals surface area contributed by atoms with E-state index in [0.717, 1.165) is 27.8 Å². The Morgan fingerprint density at radius 2 is 1.37 bits per heavy atom. The zero-order chi connectivity index (χ0) is 14.4. The Bertz CT molecular complexity index is 609. The zero-order valence-electron chi connectivity index (χ0n) is 11.9. The van der Waals surface area contributed by atoms with Gasteiger partial charge in [-0.2, -0.15) is 5.26 Å². The van der Waals surface area contributed by atoms with Crippen molar-refractivity contribution in [2.24, 2.45) is 0 Å². The van der Waals surface area contributed by atoms with E-state index in [1.165, 1.54) is 0 Å². The summed E-state index contributed by atoms with van der Waals surface area (Å²) in [6.45, 7) is 7.77. The minimum Gasteiger partial charge on any atom is -0.508 e. The molecule has 98 valence electrons. The molecule has 0 heterocycles. The standard InChI is InChI=1S/C9H9N.C8H10O/c1-7-3-4-8(2)9(5-7)6-10;1-6-3-4-7(2)8(9)5-6/h3-5H,1-2H3;3-5,9H,1-2H3. The minimum atomic E-state index is 0.384. The molecule has 0 bridgehead atoms. The summed E-state index contributed by atoms with van der Waals surface area (Å²) in [4.78, 5) is 0. The number of benzene rings is 2. The summed E-state index contributed by atoms with van der Waals surface area (Å²) < 4.78 is 0. The van der Waals surface area contributed by atoms with Crippen LogP contribution in [0.2, 0.25) is 0 Å². The summed E-state index contributed by atoms with van der Waals surface area (Å²) in [5.74, 6) is 0.384. The fraction of sp³-hybridized carbons (Fsp3) is 0.235. The number of phenols is 1. The van der Waals surface area contributed by atoms with Gasteiger partial charge in [-0.15, -0.1) is 0 Å². The molecule has 0 amide bonds. The first-order valence-corrected chi connectivity index (χ1v) is 6.17. The summed E-state index contributed by atoms with van der Waals surface area (Å²) in [6.07, 6.45) is 0. The van der Waals surface area contributed by atoms with Crippen molar-refractivity contribution < 1.29 is 5.11 Å². The normalized spacial score (nSPS) is 9.21. The Kier molecular flexibility index (Phi) is 5.14. The Morgan fingerprint density at radius 3 is 1.79 bits per heavy atom. The number of nitriles is 1. The number of aromatic hydroxyl groups is 1. The molecule has 0 fully saturated rings. The van der Waals surface area contributed by atoms with Crippen molar-refractivity contribution in [3.05, 3.63) is 64.2 Å². The third kappa shape index (κ3) is 4.48. The first kappa shape index (κ1) is 14.8. The molecule has 19 heavy (non-hydrogen) atoms. The largest absolute Gasteiger partial charge is 0.508 e. The number of hydrogen-bond acceptors (Lipinski definition) is 2. The van der Waals surface area contributed by atoms with Crippen LogP contribution in [0.5, 0.6) is 5.75 Å². The lowest BCUT2D eigenvalue weighted by atomic mass is 10.1. The molecule has 2 rings (SSSR count). The molecule has 2 aromatic rings. The number of rotatable bonds is 0. The third-order valence-electron chi connectivity index (χ3n) is 2.88. The highest BCUT2D eigenvalue weighted by molar-refractivity contribution is 5.39. The molecule has 0 aliphatic heterocycles. The van der Waals surface area contributed by atoms with Crippen LogP contribution in [0.1, 0.15) is 27.8 Å². The van der Waals surface area contributed by atoms with Crippen molar-refractivity contribution in [2.75, 3.05) is 0 Å². The zero-order valence-corrected chi connectivity index (χ0v) is 11.9. The second-order valence-corrected chi connectivity index (χ2v) is 4.72. The van der Waals surface area contributed by atoms with Gasteiger partial charge in [0.2, 0.25) is 0 Å². The van der Waals surface area contributed by atoms with E-state index in [1.54, 1.807) is 6.07 Å². The molecule has 0 saturated carbocycles. The highest BCUT2D eigenvalue weighted by atomic mass is 16.3. The SMILES string of the molecule is Cc1ccc(C)c(C#N)c1.Cc1ccc(C)c(O)c1. The smallest absolute Gasteiger partial charge is 0.118 e. The van der Waals surface area contributed by atoms with Gasteiger partial charge in [-0.05, 0) is 62.1 Å². The van der Waals surface area contributed by atoms with Gasteiger partial charge in [0.25, 0.3) is 0 Å². The lowest BCUT2D eigenvalue weighted by Crippen LogP contribution is -1.81. The molecule has 0 aromatic heterocycles. The van der Waals surface area contributed by atoms with E-state index in [4.69, 9.17) is 10.4 Å². The van der Waals surface area contributed by atoms with Gasteiger partial charge in [0, 0.05) is 0 Å². The molecule has 2 nitrogen and oxygen atoms in total. The van der Waals surface area contributed by atoms with Crippen molar-refractivity contribution in [3.63, 3.8) is 0 Å². The fourth-order valence-electron chi connectivity index (χ4n) is 1.58. The summed E-state index contributed by atoms with van der Waals surface area (Å²) in [6, 6.07) is 13.7. The van der Waals surface area contributed by atoms with E-state index < -0.39 is 0 Å². The Hall–Kier alpha value is -2.27. The van der Waals surface area contributed by atoms with Crippen LogP contribution in [0.25, 0.3) is 0 Å². The maximum absolute atomic E-state index is 9.10. The van der Waals surface area contributed by atoms with E-state index >= 15 is 0 Å². The van der Waals surface area contributed by atoms with E-state index in [1.807, 2.05) is 58.0 Å². The Labute approximate surface area is 115 Å². The monoisotopic (exact) mass is 253 g/mol. The third-order valence-corrected chi connectivity index (χ3v) is 2.88. The molecular formula is C17H19NO. The van der Waals surface area contributed by atoms with Gasteiger partial charge in [0.05, 0.1) is 11.6 Å². The van der Waals surface area contributed by atoms with Crippen LogP contribution in [-0.4, -0.2) is 5.11 Å². The first-order valence-electron chi connectivity index (χ1n) is 6.17. The summed E-state index contributed by atoms with van der Waals surface area (Å²) >= 11 is 0. The lowest BCUT2D eigenvalue weighted by Gasteiger charge is -1.97. The predicted molar refractivity (Wildman–Crippen MR) is 78.2 cm³/mol. The van der Waals surface area contributed by atoms with E-state index in [-0.39, 0.29) is 0 Å². The van der Waals surface area contributed by atoms with Crippen LogP contribution in [0, 0.1) is 39.0 Å². The average Bonchev–Trinajstić information content (AvgIpc) is 2.38. The fourth-order valence-corrected chi connectivity index (χ4v) is 1.58. The first-order chi connectivity index (χ1) is 8.93. The second kappa shape index (κ2) is 6.61. The van der Waals surface area contributed by atoms with E-state index in [2.05, 4.69) is 6.07 Å². The van der Waals surface area contributed by atoms with Crippen molar-refractivity contribution in [3.8, 4) is 11.8 Å². The van der Waals surface area contributed by atoms with Crippen LogP contribution >= 0.6 is 0 Å². The van der Waals surface area contributed by atoms with Gasteiger partial charge in [-0.3, -0.25) is 0 Å². The maximum Gasteiger partial charge on any atom is 0.118 e. The minimum absolute atomic E-state index is 0.384. The molecule has 0 saturated heterocycles. The molecular weight excluding hydrogens is 234 g/mol. The van der Waals surface area contributed by atoms with E-state index in [0.29, 0.717) is 5.75 Å². The van der Waals surface area contributed by atoms with Crippen molar-refractivity contribution >= 4 is 0 Å². The molecule has 1 N–H and O–H groups in total. The van der Waals surface area contributed by atoms with Crippen LogP contribution in [0.4, 0.5) is 0 Å². The molecule has 0 spiro atoms. The highest BCUT2D eigenvalue weighted by Crippen LogP contribution is 2.15. The van der Waals surface area contributed by atoms with Crippen LogP contribution in [-0.2, 0) is 0 Å². The predicted octanol–water partition coefficient (Wildman–Crippen LogP) is 4.18. The van der Waals surface area contributed by atoms with Gasteiger partial charge in [-0.1, -0.05) is 24.3 Å². The number of hydrogen-bond donors (Lipinski definition) is 1. The van der Waals surface area contributed by atoms with Crippen molar-refractivity contribution in [2.45, 2.75) is 27.7 Å². The highest BCUT2D eigenvalue weighted by Gasteiger charge is 1.94. The van der Waals surface area contributed by atoms with Crippen LogP contribution in [0.15, 0.2) is 36.4 Å². The maximum atomic E-state index is 9.10.